The smallest absolute Gasteiger partial charge is 0.322 e. The molecule has 0 fully saturated rings. The lowest BCUT2D eigenvalue weighted by Gasteiger charge is -2.07. The third kappa shape index (κ3) is 2.98. The summed E-state index contributed by atoms with van der Waals surface area (Å²) in [6.07, 6.45) is 0. The number of amides is 1. The second-order valence-corrected chi connectivity index (χ2v) is 2.87. The van der Waals surface area contributed by atoms with Crippen molar-refractivity contribution < 1.29 is 14.7 Å². The zero-order valence-corrected chi connectivity index (χ0v) is 8.28. The molecule has 0 heterocycles. The van der Waals surface area contributed by atoms with Gasteiger partial charge < -0.3 is 15.7 Å². The Kier molecular flexibility index (Phi) is 3.68. The second-order valence-electron chi connectivity index (χ2n) is 2.87. The van der Waals surface area contributed by atoms with Crippen LogP contribution in [0.25, 0.3) is 0 Å². The lowest BCUT2D eigenvalue weighted by atomic mass is 10.1. The van der Waals surface area contributed by atoms with Crippen LogP contribution in [0.15, 0.2) is 24.3 Å². The van der Waals surface area contributed by atoms with Crippen molar-refractivity contribution >= 4 is 17.6 Å². The van der Waals surface area contributed by atoms with Gasteiger partial charge in [0, 0.05) is 12.7 Å². The van der Waals surface area contributed by atoms with Crippen LogP contribution in [-0.2, 0) is 4.79 Å². The van der Waals surface area contributed by atoms with Crippen molar-refractivity contribution in [3.05, 3.63) is 29.8 Å². The average Bonchev–Trinajstić information content (AvgIpc) is 2.25. The first-order chi connectivity index (χ1) is 7.15. The summed E-state index contributed by atoms with van der Waals surface area (Å²) in [6, 6.07) is 6.88. The minimum Gasteiger partial charge on any atom is -0.480 e. The Bertz CT molecular complexity index is 377. The number of anilines is 1. The molecule has 3 N–H and O–H groups in total. The highest BCUT2D eigenvalue weighted by atomic mass is 16.4. The van der Waals surface area contributed by atoms with E-state index in [1.165, 1.54) is 0 Å². The number of benzene rings is 1. The van der Waals surface area contributed by atoms with Crippen LogP contribution in [0.3, 0.4) is 0 Å². The molecule has 0 radical (unpaired) electrons. The lowest BCUT2D eigenvalue weighted by Crippen LogP contribution is -2.29. The van der Waals surface area contributed by atoms with Crippen molar-refractivity contribution in [2.24, 2.45) is 0 Å². The lowest BCUT2D eigenvalue weighted by molar-refractivity contribution is -0.135. The third-order valence-electron chi connectivity index (χ3n) is 1.84. The molecule has 1 aromatic rings. The van der Waals surface area contributed by atoms with E-state index in [1.54, 1.807) is 31.3 Å². The number of rotatable bonds is 4. The van der Waals surface area contributed by atoms with Gasteiger partial charge in [0.1, 0.15) is 6.54 Å². The minimum absolute atomic E-state index is 0.378. The maximum Gasteiger partial charge on any atom is 0.322 e. The van der Waals surface area contributed by atoms with E-state index in [1.807, 2.05) is 0 Å². The quantitative estimate of drug-likeness (QED) is 0.675. The topological polar surface area (TPSA) is 78.4 Å². The molecular weight excluding hydrogens is 196 g/mol. The summed E-state index contributed by atoms with van der Waals surface area (Å²) in [5, 5.41) is 13.6. The Hall–Kier alpha value is -2.04. The van der Waals surface area contributed by atoms with Crippen molar-refractivity contribution in [2.75, 3.05) is 18.9 Å². The Morgan fingerprint density at radius 1 is 1.33 bits per heavy atom. The van der Waals surface area contributed by atoms with Crippen LogP contribution in [0.5, 0.6) is 0 Å². The molecular formula is C10H12N2O3. The number of nitrogens with one attached hydrogen (secondary N) is 2. The SMILES string of the molecule is CNc1ccccc1C(=O)NCC(=O)O. The standard InChI is InChI=1S/C10H12N2O3/c1-11-8-5-3-2-4-7(8)10(15)12-6-9(13)14/h2-5,11H,6H2,1H3,(H,12,15)(H,13,14). The van der Waals surface area contributed by atoms with E-state index < -0.39 is 11.9 Å². The van der Waals surface area contributed by atoms with Crippen molar-refractivity contribution in [1.82, 2.24) is 5.32 Å². The largest absolute Gasteiger partial charge is 0.480 e. The predicted octanol–water partition coefficient (Wildman–Crippen LogP) is 0.543. The zero-order chi connectivity index (χ0) is 11.3. The highest BCUT2D eigenvalue weighted by Crippen LogP contribution is 2.13. The van der Waals surface area contributed by atoms with Gasteiger partial charge in [-0.15, -0.1) is 0 Å². The number of hydrogen-bond donors (Lipinski definition) is 3. The number of aliphatic carboxylic acids is 1. The van der Waals surface area contributed by atoms with Crippen molar-refractivity contribution in [3.63, 3.8) is 0 Å². The summed E-state index contributed by atoms with van der Waals surface area (Å²) in [7, 11) is 1.70. The summed E-state index contributed by atoms with van der Waals surface area (Å²) in [5.74, 6) is -1.47. The molecule has 0 saturated carbocycles. The first kappa shape index (κ1) is 11.0. The van der Waals surface area contributed by atoms with Gasteiger partial charge in [0.2, 0.25) is 0 Å². The average molecular weight is 208 g/mol. The maximum absolute atomic E-state index is 11.5. The normalized spacial score (nSPS) is 9.40. The zero-order valence-electron chi connectivity index (χ0n) is 8.28. The van der Waals surface area contributed by atoms with Crippen LogP contribution >= 0.6 is 0 Å². The van der Waals surface area contributed by atoms with Crippen LogP contribution in [-0.4, -0.2) is 30.6 Å². The van der Waals surface area contributed by atoms with E-state index in [-0.39, 0.29) is 6.54 Å². The maximum atomic E-state index is 11.5. The molecule has 5 heteroatoms. The predicted molar refractivity (Wildman–Crippen MR) is 56.0 cm³/mol. The van der Waals surface area contributed by atoms with Crippen LogP contribution < -0.4 is 10.6 Å². The first-order valence-electron chi connectivity index (χ1n) is 4.42. The Labute approximate surface area is 87.1 Å². The molecule has 5 nitrogen and oxygen atoms in total. The van der Waals surface area contributed by atoms with Gasteiger partial charge in [0.05, 0.1) is 5.56 Å². The van der Waals surface area contributed by atoms with Crippen LogP contribution in [0, 0.1) is 0 Å². The van der Waals surface area contributed by atoms with Crippen LogP contribution in [0.2, 0.25) is 0 Å². The molecule has 0 bridgehead atoms. The Balaban J connectivity index is 2.77. The highest BCUT2D eigenvalue weighted by molar-refractivity contribution is 6.00. The Morgan fingerprint density at radius 2 is 2.00 bits per heavy atom. The second kappa shape index (κ2) is 4.99. The molecule has 0 atom stereocenters. The van der Waals surface area contributed by atoms with Crippen LogP contribution in [0.1, 0.15) is 10.4 Å². The number of carbonyl (C=O) groups excluding carboxylic acids is 1. The number of carboxylic acids is 1. The van der Waals surface area contributed by atoms with E-state index in [2.05, 4.69) is 10.6 Å². The molecule has 1 amide bonds. The van der Waals surface area contributed by atoms with Crippen LogP contribution in [0.4, 0.5) is 5.69 Å². The molecule has 0 unspecified atom stereocenters. The molecule has 1 rings (SSSR count). The molecule has 0 aliphatic rings. The number of carboxylic acid groups (broad SMARTS) is 1. The fourth-order valence-electron chi connectivity index (χ4n) is 1.15. The van der Waals surface area contributed by atoms with E-state index >= 15 is 0 Å². The summed E-state index contributed by atoms with van der Waals surface area (Å²) in [5.41, 5.74) is 1.10. The van der Waals surface area contributed by atoms with Gasteiger partial charge in [0.15, 0.2) is 0 Å². The molecule has 15 heavy (non-hydrogen) atoms. The van der Waals surface area contributed by atoms with Crippen molar-refractivity contribution in [3.8, 4) is 0 Å². The van der Waals surface area contributed by atoms with Gasteiger partial charge in [-0.2, -0.15) is 0 Å². The Morgan fingerprint density at radius 3 is 2.60 bits per heavy atom. The monoisotopic (exact) mass is 208 g/mol. The number of carbonyl (C=O) groups is 2. The molecule has 0 aliphatic heterocycles. The molecule has 0 saturated heterocycles. The van der Waals surface area contributed by atoms with Gasteiger partial charge in [-0.1, -0.05) is 12.1 Å². The highest BCUT2D eigenvalue weighted by Gasteiger charge is 2.10. The molecule has 0 aliphatic carbocycles. The van der Waals surface area contributed by atoms with Gasteiger partial charge in [0.25, 0.3) is 5.91 Å². The molecule has 80 valence electrons. The molecule has 0 aromatic heterocycles. The summed E-state index contributed by atoms with van der Waals surface area (Å²) in [6.45, 7) is -0.378. The van der Waals surface area contributed by atoms with E-state index in [0.29, 0.717) is 11.3 Å². The molecule has 0 spiro atoms. The van der Waals surface area contributed by atoms with Gasteiger partial charge in [-0.05, 0) is 12.1 Å². The van der Waals surface area contributed by atoms with E-state index in [9.17, 15) is 9.59 Å². The third-order valence-corrected chi connectivity index (χ3v) is 1.84. The number of para-hydroxylation sites is 1. The summed E-state index contributed by atoms with van der Waals surface area (Å²) < 4.78 is 0. The van der Waals surface area contributed by atoms with Gasteiger partial charge in [-0.25, -0.2) is 0 Å². The molecule has 1 aromatic carbocycles. The van der Waals surface area contributed by atoms with Gasteiger partial charge in [-0.3, -0.25) is 9.59 Å². The fraction of sp³-hybridized carbons (Fsp3) is 0.200. The summed E-state index contributed by atoms with van der Waals surface area (Å²) >= 11 is 0. The minimum atomic E-state index is -1.06. The van der Waals surface area contributed by atoms with E-state index in [0.717, 1.165) is 0 Å². The fourth-order valence-corrected chi connectivity index (χ4v) is 1.15. The van der Waals surface area contributed by atoms with Crippen molar-refractivity contribution in [2.45, 2.75) is 0 Å². The number of hydrogen-bond acceptors (Lipinski definition) is 3. The summed E-state index contributed by atoms with van der Waals surface area (Å²) in [4.78, 5) is 21.8. The van der Waals surface area contributed by atoms with Crippen molar-refractivity contribution in [1.29, 1.82) is 0 Å². The van der Waals surface area contributed by atoms with E-state index in [4.69, 9.17) is 5.11 Å². The van der Waals surface area contributed by atoms with Gasteiger partial charge >= 0.3 is 5.97 Å². The first-order valence-corrected chi connectivity index (χ1v) is 4.42.